The normalized spacial score (nSPS) is 24.6. The van der Waals surface area contributed by atoms with Gasteiger partial charge in [0.15, 0.2) is 0 Å². The quantitative estimate of drug-likeness (QED) is 0.473. The second-order valence-corrected chi connectivity index (χ2v) is 5.33. The molecular weight excluding hydrogens is 194 g/mol. The molecule has 1 heteroatoms. The van der Waals surface area contributed by atoms with Crippen LogP contribution in [0.1, 0.15) is 70.6 Å². The van der Waals surface area contributed by atoms with Crippen molar-refractivity contribution in [3.8, 4) is 0 Å². The molecule has 0 radical (unpaired) electrons. The fraction of sp³-hybridized carbons (Fsp3) is 0.800. The monoisotopic (exact) mass is 219 g/mol. The predicted octanol–water partition coefficient (Wildman–Crippen LogP) is 4.67. The Morgan fingerprint density at radius 3 is 2.12 bits per heavy atom. The molecule has 0 N–H and O–H groups in total. The van der Waals surface area contributed by atoms with Gasteiger partial charge in [-0.1, -0.05) is 37.7 Å². The highest BCUT2D eigenvalue weighted by Gasteiger charge is 2.10. The number of rotatable bonds is 2. The van der Waals surface area contributed by atoms with Crippen molar-refractivity contribution in [1.82, 2.24) is 0 Å². The van der Waals surface area contributed by atoms with Gasteiger partial charge in [0.1, 0.15) is 0 Å². The molecule has 2 aliphatic carbocycles. The molecule has 2 aliphatic rings. The van der Waals surface area contributed by atoms with Gasteiger partial charge < -0.3 is 0 Å². The third-order valence-corrected chi connectivity index (χ3v) is 3.93. The standard InChI is InChI=1S/C15H25N/c1-2-5-9-14(8-4-1)12-13-16-15-10-6-3-7-11-15/h12-13,15H,1-11H2. The Morgan fingerprint density at radius 1 is 0.812 bits per heavy atom. The zero-order valence-electron chi connectivity index (χ0n) is 10.5. The lowest BCUT2D eigenvalue weighted by molar-refractivity contribution is 0.444. The van der Waals surface area contributed by atoms with Gasteiger partial charge in [-0.25, -0.2) is 0 Å². The van der Waals surface area contributed by atoms with Gasteiger partial charge >= 0.3 is 0 Å². The largest absolute Gasteiger partial charge is 0.290 e. The number of hydrogen-bond donors (Lipinski definition) is 0. The maximum atomic E-state index is 4.71. The van der Waals surface area contributed by atoms with Gasteiger partial charge in [-0.3, -0.25) is 4.99 Å². The van der Waals surface area contributed by atoms with Crippen LogP contribution in [0.3, 0.4) is 0 Å². The fourth-order valence-corrected chi connectivity index (χ4v) is 2.85. The second-order valence-electron chi connectivity index (χ2n) is 5.33. The number of nitrogens with zero attached hydrogens (tertiary/aromatic N) is 1. The molecule has 0 saturated heterocycles. The van der Waals surface area contributed by atoms with Crippen molar-refractivity contribution in [1.29, 1.82) is 0 Å². The Kier molecular flexibility index (Phi) is 5.11. The highest BCUT2D eigenvalue weighted by molar-refractivity contribution is 5.72. The lowest BCUT2D eigenvalue weighted by atomic mass is 9.96. The highest BCUT2D eigenvalue weighted by atomic mass is 14.8. The maximum Gasteiger partial charge on any atom is 0.0499 e. The van der Waals surface area contributed by atoms with E-state index in [9.17, 15) is 0 Å². The third-order valence-electron chi connectivity index (χ3n) is 3.93. The lowest BCUT2D eigenvalue weighted by Crippen LogP contribution is -2.09. The van der Waals surface area contributed by atoms with Crippen molar-refractivity contribution < 1.29 is 0 Å². The molecule has 2 saturated carbocycles. The predicted molar refractivity (Wildman–Crippen MR) is 71.2 cm³/mol. The molecule has 2 fully saturated rings. The van der Waals surface area contributed by atoms with Gasteiger partial charge in [-0.05, 0) is 44.6 Å². The molecular formula is C15H25N. The van der Waals surface area contributed by atoms with Gasteiger partial charge in [-0.15, -0.1) is 0 Å². The Hall–Kier alpha value is -0.590. The molecule has 0 aromatic heterocycles. The first-order valence-corrected chi connectivity index (χ1v) is 7.16. The van der Waals surface area contributed by atoms with E-state index in [-0.39, 0.29) is 0 Å². The molecule has 2 rings (SSSR count). The summed E-state index contributed by atoms with van der Waals surface area (Å²) in [5.74, 6) is 0. The van der Waals surface area contributed by atoms with Crippen LogP contribution in [0, 0.1) is 0 Å². The van der Waals surface area contributed by atoms with Crippen molar-refractivity contribution in [3.63, 3.8) is 0 Å². The summed E-state index contributed by atoms with van der Waals surface area (Å²) >= 11 is 0. The van der Waals surface area contributed by atoms with Gasteiger partial charge in [-0.2, -0.15) is 0 Å². The first-order chi connectivity index (χ1) is 7.95. The Bertz CT molecular complexity index is 236. The molecule has 0 bridgehead atoms. The van der Waals surface area contributed by atoms with Crippen LogP contribution < -0.4 is 0 Å². The van der Waals surface area contributed by atoms with E-state index in [2.05, 4.69) is 12.3 Å². The second kappa shape index (κ2) is 6.88. The summed E-state index contributed by atoms with van der Waals surface area (Å²) in [6.07, 6.45) is 19.5. The molecule has 0 aliphatic heterocycles. The van der Waals surface area contributed by atoms with E-state index >= 15 is 0 Å². The molecule has 0 aromatic rings. The Balaban J connectivity index is 1.78. The summed E-state index contributed by atoms with van der Waals surface area (Å²) in [6, 6.07) is 0.636. The van der Waals surface area contributed by atoms with Crippen LogP contribution in [-0.4, -0.2) is 12.3 Å². The molecule has 0 atom stereocenters. The first kappa shape index (κ1) is 11.9. The van der Waals surface area contributed by atoms with Crippen LogP contribution in [0.2, 0.25) is 0 Å². The summed E-state index contributed by atoms with van der Waals surface area (Å²) in [6.45, 7) is 0. The minimum Gasteiger partial charge on any atom is -0.290 e. The van der Waals surface area contributed by atoms with E-state index in [1.165, 1.54) is 70.6 Å². The van der Waals surface area contributed by atoms with E-state index < -0.39 is 0 Å². The van der Waals surface area contributed by atoms with E-state index in [4.69, 9.17) is 4.99 Å². The van der Waals surface area contributed by atoms with E-state index in [0.717, 1.165) is 0 Å². The van der Waals surface area contributed by atoms with Crippen molar-refractivity contribution in [3.05, 3.63) is 11.6 Å². The summed E-state index contributed by atoms with van der Waals surface area (Å²) in [7, 11) is 0. The van der Waals surface area contributed by atoms with Crippen LogP contribution in [0.5, 0.6) is 0 Å². The van der Waals surface area contributed by atoms with Crippen LogP contribution in [-0.2, 0) is 0 Å². The van der Waals surface area contributed by atoms with Crippen LogP contribution in [0.4, 0.5) is 0 Å². The minimum atomic E-state index is 0.636. The molecule has 1 nitrogen and oxygen atoms in total. The number of aliphatic imine (C=N–C) groups is 1. The van der Waals surface area contributed by atoms with Gasteiger partial charge in [0.2, 0.25) is 0 Å². The van der Waals surface area contributed by atoms with Gasteiger partial charge in [0, 0.05) is 12.3 Å². The number of allylic oxidation sites excluding steroid dienone is 2. The van der Waals surface area contributed by atoms with Crippen molar-refractivity contribution in [2.24, 2.45) is 4.99 Å². The van der Waals surface area contributed by atoms with E-state index in [0.29, 0.717) is 6.04 Å². The van der Waals surface area contributed by atoms with Crippen LogP contribution in [0.25, 0.3) is 0 Å². The minimum absolute atomic E-state index is 0.636. The summed E-state index contributed by atoms with van der Waals surface area (Å²) < 4.78 is 0. The van der Waals surface area contributed by atoms with Crippen LogP contribution in [0.15, 0.2) is 16.6 Å². The average Bonchev–Trinajstić information content (AvgIpc) is 2.59. The molecule has 90 valence electrons. The van der Waals surface area contributed by atoms with Crippen molar-refractivity contribution >= 4 is 6.21 Å². The number of hydrogen-bond acceptors (Lipinski definition) is 1. The zero-order chi connectivity index (χ0) is 11.1. The Morgan fingerprint density at radius 2 is 1.44 bits per heavy atom. The smallest absolute Gasteiger partial charge is 0.0499 e. The third kappa shape index (κ3) is 4.11. The summed E-state index contributed by atoms with van der Waals surface area (Å²) in [5, 5.41) is 0. The molecule has 0 unspecified atom stereocenters. The van der Waals surface area contributed by atoms with E-state index in [1.807, 2.05) is 0 Å². The maximum absolute atomic E-state index is 4.71. The van der Waals surface area contributed by atoms with Crippen molar-refractivity contribution in [2.75, 3.05) is 0 Å². The summed E-state index contributed by atoms with van der Waals surface area (Å²) in [4.78, 5) is 4.71. The molecule has 0 spiro atoms. The topological polar surface area (TPSA) is 12.4 Å². The van der Waals surface area contributed by atoms with Crippen molar-refractivity contribution in [2.45, 2.75) is 76.7 Å². The fourth-order valence-electron chi connectivity index (χ4n) is 2.85. The van der Waals surface area contributed by atoms with E-state index in [1.54, 1.807) is 5.57 Å². The first-order valence-electron chi connectivity index (χ1n) is 7.16. The molecule has 0 aromatic carbocycles. The summed E-state index contributed by atoms with van der Waals surface area (Å²) in [5.41, 5.74) is 1.64. The SMILES string of the molecule is C(C=C1CCCCCC1)=NC1CCCCC1. The van der Waals surface area contributed by atoms with Gasteiger partial charge in [0.25, 0.3) is 0 Å². The molecule has 0 heterocycles. The molecule has 16 heavy (non-hydrogen) atoms. The average molecular weight is 219 g/mol. The molecule has 0 amide bonds. The Labute approximate surface area is 100 Å². The zero-order valence-corrected chi connectivity index (χ0v) is 10.5. The van der Waals surface area contributed by atoms with Gasteiger partial charge in [0.05, 0.1) is 0 Å². The van der Waals surface area contributed by atoms with Crippen LogP contribution >= 0.6 is 0 Å². The highest BCUT2D eigenvalue weighted by Crippen LogP contribution is 2.22. The lowest BCUT2D eigenvalue weighted by Gasteiger charge is -2.16.